The average molecular weight is 305 g/mol. The first kappa shape index (κ1) is 17.0. The SMILES string of the molecule is O=C(Cc1ccc(C(F)(F)F)cc1)NCCC(O)C(=O)O. The molecule has 21 heavy (non-hydrogen) atoms. The van der Waals surface area contributed by atoms with Gasteiger partial charge in [0.15, 0.2) is 6.10 Å². The quantitative estimate of drug-likeness (QED) is 0.737. The Morgan fingerprint density at radius 3 is 2.24 bits per heavy atom. The molecule has 0 bridgehead atoms. The highest BCUT2D eigenvalue weighted by molar-refractivity contribution is 5.78. The zero-order chi connectivity index (χ0) is 16.0. The molecule has 0 aliphatic rings. The number of carboxylic acids is 1. The van der Waals surface area contributed by atoms with Gasteiger partial charge in [-0.25, -0.2) is 4.79 Å². The molecule has 1 amide bonds. The number of benzene rings is 1. The minimum absolute atomic E-state index is 0.0348. The number of carboxylic acid groups (broad SMARTS) is 1. The molecule has 5 nitrogen and oxygen atoms in total. The van der Waals surface area contributed by atoms with Crippen molar-refractivity contribution in [3.05, 3.63) is 35.4 Å². The summed E-state index contributed by atoms with van der Waals surface area (Å²) in [5.41, 5.74) is -0.393. The third kappa shape index (κ3) is 5.82. The molecule has 0 aliphatic heterocycles. The number of hydrogen-bond donors (Lipinski definition) is 3. The third-order valence-electron chi connectivity index (χ3n) is 2.67. The molecule has 0 saturated heterocycles. The van der Waals surface area contributed by atoms with Crippen molar-refractivity contribution >= 4 is 11.9 Å². The first-order valence-electron chi connectivity index (χ1n) is 6.04. The summed E-state index contributed by atoms with van der Waals surface area (Å²) in [5, 5.41) is 19.8. The number of rotatable bonds is 6. The molecule has 1 rings (SSSR count). The van der Waals surface area contributed by atoms with Crippen molar-refractivity contribution < 1.29 is 33.0 Å². The largest absolute Gasteiger partial charge is 0.479 e. The highest BCUT2D eigenvalue weighted by Crippen LogP contribution is 2.29. The van der Waals surface area contributed by atoms with Gasteiger partial charge in [0.1, 0.15) is 0 Å². The molecule has 8 heteroatoms. The highest BCUT2D eigenvalue weighted by Gasteiger charge is 2.29. The number of amides is 1. The van der Waals surface area contributed by atoms with Gasteiger partial charge < -0.3 is 15.5 Å². The number of carbonyl (C=O) groups is 2. The van der Waals surface area contributed by atoms with Gasteiger partial charge in [0, 0.05) is 13.0 Å². The van der Waals surface area contributed by atoms with E-state index in [1.54, 1.807) is 0 Å². The zero-order valence-corrected chi connectivity index (χ0v) is 10.9. The molecule has 0 heterocycles. The van der Waals surface area contributed by atoms with Gasteiger partial charge in [-0.05, 0) is 17.7 Å². The molecule has 1 atom stereocenters. The second-order valence-corrected chi connectivity index (χ2v) is 4.36. The van der Waals surface area contributed by atoms with Gasteiger partial charge in [0.25, 0.3) is 0 Å². The number of hydrogen-bond acceptors (Lipinski definition) is 3. The van der Waals surface area contributed by atoms with Crippen LogP contribution in [0.15, 0.2) is 24.3 Å². The van der Waals surface area contributed by atoms with Crippen molar-refractivity contribution in [3.8, 4) is 0 Å². The fourth-order valence-corrected chi connectivity index (χ4v) is 1.53. The molecular formula is C13H14F3NO4. The van der Waals surface area contributed by atoms with Crippen LogP contribution in [0.3, 0.4) is 0 Å². The van der Waals surface area contributed by atoms with Gasteiger partial charge in [0.05, 0.1) is 12.0 Å². The molecule has 0 saturated carbocycles. The molecule has 1 unspecified atom stereocenters. The van der Waals surface area contributed by atoms with E-state index in [0.29, 0.717) is 5.56 Å². The van der Waals surface area contributed by atoms with Crippen LogP contribution in [0.25, 0.3) is 0 Å². The Labute approximate surface area is 118 Å². The highest BCUT2D eigenvalue weighted by atomic mass is 19.4. The molecule has 3 N–H and O–H groups in total. The van der Waals surface area contributed by atoms with E-state index in [1.807, 2.05) is 0 Å². The van der Waals surface area contributed by atoms with Crippen LogP contribution in [-0.4, -0.2) is 34.7 Å². The lowest BCUT2D eigenvalue weighted by Crippen LogP contribution is -2.30. The Kier molecular flexibility index (Phi) is 5.71. The van der Waals surface area contributed by atoms with Crippen molar-refractivity contribution in [2.45, 2.75) is 25.1 Å². The maximum Gasteiger partial charge on any atom is 0.416 e. The van der Waals surface area contributed by atoms with Crippen molar-refractivity contribution in [1.29, 1.82) is 0 Å². The van der Waals surface area contributed by atoms with E-state index < -0.39 is 29.7 Å². The Bertz CT molecular complexity index is 499. The molecule has 0 fully saturated rings. The fourth-order valence-electron chi connectivity index (χ4n) is 1.53. The summed E-state index contributed by atoms with van der Waals surface area (Å²) in [6.07, 6.45) is -6.25. The van der Waals surface area contributed by atoms with Crippen LogP contribution in [0.5, 0.6) is 0 Å². The predicted molar refractivity (Wildman–Crippen MR) is 66.4 cm³/mol. The first-order valence-corrected chi connectivity index (χ1v) is 6.04. The molecule has 1 aromatic carbocycles. The monoisotopic (exact) mass is 305 g/mol. The maximum absolute atomic E-state index is 12.3. The fraction of sp³-hybridized carbons (Fsp3) is 0.385. The standard InChI is InChI=1S/C13H14F3NO4/c14-13(15,16)9-3-1-8(2-4-9)7-11(19)17-6-5-10(18)12(20)21/h1-4,10,18H,5-7H2,(H,17,19)(H,20,21). The molecule has 116 valence electrons. The van der Waals surface area contributed by atoms with Crippen LogP contribution in [0, 0.1) is 0 Å². The Morgan fingerprint density at radius 2 is 1.76 bits per heavy atom. The first-order chi connectivity index (χ1) is 9.70. The molecule has 0 aromatic heterocycles. The summed E-state index contributed by atoms with van der Waals surface area (Å²) in [6, 6.07) is 4.18. The second-order valence-electron chi connectivity index (χ2n) is 4.36. The lowest BCUT2D eigenvalue weighted by molar-refractivity contribution is -0.147. The van der Waals surface area contributed by atoms with Gasteiger partial charge in [-0.15, -0.1) is 0 Å². The Morgan fingerprint density at radius 1 is 1.19 bits per heavy atom. The molecule has 1 aromatic rings. The van der Waals surface area contributed by atoms with Crippen LogP contribution >= 0.6 is 0 Å². The van der Waals surface area contributed by atoms with E-state index in [4.69, 9.17) is 10.2 Å². The Balaban J connectivity index is 2.43. The number of halogens is 3. The molecule has 0 aliphatic carbocycles. The van der Waals surface area contributed by atoms with E-state index >= 15 is 0 Å². The van der Waals surface area contributed by atoms with Gasteiger partial charge in [-0.3, -0.25) is 4.79 Å². The molecule has 0 radical (unpaired) electrons. The van der Waals surface area contributed by atoms with Crippen molar-refractivity contribution in [3.63, 3.8) is 0 Å². The summed E-state index contributed by atoms with van der Waals surface area (Å²) >= 11 is 0. The topological polar surface area (TPSA) is 86.6 Å². The van der Waals surface area contributed by atoms with E-state index in [9.17, 15) is 22.8 Å². The lowest BCUT2D eigenvalue weighted by atomic mass is 10.1. The average Bonchev–Trinajstić information content (AvgIpc) is 2.38. The zero-order valence-electron chi connectivity index (χ0n) is 10.9. The number of nitrogens with one attached hydrogen (secondary N) is 1. The van der Waals surface area contributed by atoms with Gasteiger partial charge in [-0.2, -0.15) is 13.2 Å². The normalized spacial score (nSPS) is 12.8. The van der Waals surface area contributed by atoms with Crippen LogP contribution in [0.2, 0.25) is 0 Å². The van der Waals surface area contributed by atoms with E-state index in [1.165, 1.54) is 12.1 Å². The lowest BCUT2D eigenvalue weighted by Gasteiger charge is -2.09. The van der Waals surface area contributed by atoms with Crippen LogP contribution in [0.1, 0.15) is 17.5 Å². The van der Waals surface area contributed by atoms with Crippen LogP contribution in [0.4, 0.5) is 13.2 Å². The maximum atomic E-state index is 12.3. The predicted octanol–water partition coefficient (Wildman–Crippen LogP) is 1.20. The minimum atomic E-state index is -4.42. The van der Waals surface area contributed by atoms with E-state index in [2.05, 4.69) is 5.32 Å². The van der Waals surface area contributed by atoms with Crippen LogP contribution in [-0.2, 0) is 22.2 Å². The summed E-state index contributed by atoms with van der Waals surface area (Å²) in [4.78, 5) is 21.8. The van der Waals surface area contributed by atoms with Gasteiger partial charge >= 0.3 is 12.1 Å². The minimum Gasteiger partial charge on any atom is -0.479 e. The molecular weight excluding hydrogens is 291 g/mol. The van der Waals surface area contributed by atoms with Crippen LogP contribution < -0.4 is 5.32 Å². The summed E-state index contributed by atoms with van der Waals surface area (Å²) in [5.74, 6) is -1.85. The number of carbonyl (C=O) groups excluding carboxylic acids is 1. The van der Waals surface area contributed by atoms with E-state index in [0.717, 1.165) is 12.1 Å². The number of aliphatic carboxylic acids is 1. The summed E-state index contributed by atoms with van der Waals surface area (Å²) in [6.45, 7) is -0.0348. The number of aliphatic hydroxyl groups is 1. The Hall–Kier alpha value is -2.09. The van der Waals surface area contributed by atoms with E-state index in [-0.39, 0.29) is 19.4 Å². The summed E-state index contributed by atoms with van der Waals surface area (Å²) < 4.78 is 37.0. The smallest absolute Gasteiger partial charge is 0.416 e. The number of aliphatic hydroxyl groups excluding tert-OH is 1. The number of alkyl halides is 3. The van der Waals surface area contributed by atoms with Gasteiger partial charge in [-0.1, -0.05) is 12.1 Å². The van der Waals surface area contributed by atoms with Crippen molar-refractivity contribution in [2.75, 3.05) is 6.54 Å². The van der Waals surface area contributed by atoms with Crippen molar-refractivity contribution in [2.24, 2.45) is 0 Å². The van der Waals surface area contributed by atoms with Gasteiger partial charge in [0.2, 0.25) is 5.91 Å². The van der Waals surface area contributed by atoms with Crippen molar-refractivity contribution in [1.82, 2.24) is 5.32 Å². The molecule has 0 spiro atoms. The second kappa shape index (κ2) is 7.07. The third-order valence-corrected chi connectivity index (χ3v) is 2.67. The summed E-state index contributed by atoms with van der Waals surface area (Å²) in [7, 11) is 0.